The van der Waals surface area contributed by atoms with Crippen molar-refractivity contribution in [2.24, 2.45) is 0 Å². The van der Waals surface area contributed by atoms with E-state index in [2.05, 4.69) is 108 Å². The lowest BCUT2D eigenvalue weighted by molar-refractivity contribution is 0.00578. The van der Waals surface area contributed by atoms with Crippen molar-refractivity contribution in [3.63, 3.8) is 0 Å². The predicted molar refractivity (Wildman–Crippen MR) is 125 cm³/mol. The van der Waals surface area contributed by atoms with Crippen LogP contribution in [0.4, 0.5) is 0 Å². The third kappa shape index (κ3) is 2.72. The zero-order valence-electron chi connectivity index (χ0n) is 18.7. The molecule has 0 N–H and O–H groups in total. The van der Waals surface area contributed by atoms with Crippen molar-refractivity contribution < 1.29 is 9.31 Å². The molecule has 0 atom stereocenters. The summed E-state index contributed by atoms with van der Waals surface area (Å²) in [7, 11) is -0.328. The number of hydrogen-bond donors (Lipinski definition) is 0. The SMILES string of the molecule is CC1(C)c2ccccc2-c2cccc(-c3ccc(B4OC(C)(C)C(C)(C)O4)cc3)c21. The van der Waals surface area contributed by atoms with Gasteiger partial charge in [0.25, 0.3) is 0 Å². The molecule has 3 heteroatoms. The van der Waals surface area contributed by atoms with Gasteiger partial charge in [0.2, 0.25) is 0 Å². The number of benzene rings is 3. The fraction of sp³-hybridized carbons (Fsp3) is 0.333. The average Bonchev–Trinajstić information content (AvgIpc) is 3.08. The van der Waals surface area contributed by atoms with E-state index in [1.165, 1.54) is 33.4 Å². The molecule has 3 aromatic carbocycles. The maximum atomic E-state index is 6.22. The van der Waals surface area contributed by atoms with Crippen molar-refractivity contribution in [2.45, 2.75) is 58.2 Å². The highest BCUT2D eigenvalue weighted by atomic mass is 16.7. The molecule has 1 fully saturated rings. The van der Waals surface area contributed by atoms with Gasteiger partial charge in [0.15, 0.2) is 0 Å². The monoisotopic (exact) mass is 396 g/mol. The molecule has 2 aliphatic rings. The molecule has 3 aromatic rings. The van der Waals surface area contributed by atoms with Gasteiger partial charge in [-0.2, -0.15) is 0 Å². The van der Waals surface area contributed by atoms with Crippen LogP contribution in [0.3, 0.4) is 0 Å². The third-order valence-electron chi connectivity index (χ3n) is 7.33. The van der Waals surface area contributed by atoms with Crippen molar-refractivity contribution in [3.8, 4) is 22.3 Å². The molecule has 5 rings (SSSR count). The quantitative estimate of drug-likeness (QED) is 0.498. The van der Waals surface area contributed by atoms with E-state index in [1.807, 2.05) is 0 Å². The van der Waals surface area contributed by atoms with E-state index in [0.717, 1.165) is 5.46 Å². The zero-order chi connectivity index (χ0) is 21.3. The van der Waals surface area contributed by atoms with E-state index in [1.54, 1.807) is 0 Å². The molecule has 0 aromatic heterocycles. The summed E-state index contributed by atoms with van der Waals surface area (Å²) in [6.07, 6.45) is 0. The van der Waals surface area contributed by atoms with Crippen LogP contribution >= 0.6 is 0 Å². The first-order valence-electron chi connectivity index (χ1n) is 10.8. The molecule has 1 heterocycles. The van der Waals surface area contributed by atoms with Gasteiger partial charge in [0, 0.05) is 5.41 Å². The summed E-state index contributed by atoms with van der Waals surface area (Å²) >= 11 is 0. The predicted octanol–water partition coefficient (Wildman–Crippen LogP) is 5.96. The first-order valence-corrected chi connectivity index (χ1v) is 10.8. The van der Waals surface area contributed by atoms with E-state index >= 15 is 0 Å². The van der Waals surface area contributed by atoms with Crippen molar-refractivity contribution in [1.29, 1.82) is 0 Å². The van der Waals surface area contributed by atoms with Gasteiger partial charge in [0.05, 0.1) is 11.2 Å². The standard InChI is InChI=1S/C27H29BO2/c1-25(2)23-13-8-7-10-21(23)22-12-9-11-20(24(22)25)18-14-16-19(17-15-18)28-29-26(3,4)27(5,6)30-28/h7-17H,1-6H3. The fourth-order valence-corrected chi connectivity index (χ4v) is 4.89. The van der Waals surface area contributed by atoms with Gasteiger partial charge in [-0.1, -0.05) is 80.6 Å². The molecular formula is C27H29BO2. The van der Waals surface area contributed by atoms with Crippen LogP contribution < -0.4 is 5.46 Å². The zero-order valence-corrected chi connectivity index (χ0v) is 18.7. The number of fused-ring (bicyclic) bond motifs is 3. The summed E-state index contributed by atoms with van der Waals surface area (Å²) in [6, 6.07) is 24.2. The van der Waals surface area contributed by atoms with Gasteiger partial charge in [-0.3, -0.25) is 0 Å². The van der Waals surface area contributed by atoms with Crippen LogP contribution in [0.2, 0.25) is 0 Å². The lowest BCUT2D eigenvalue weighted by Crippen LogP contribution is -2.41. The highest BCUT2D eigenvalue weighted by Gasteiger charge is 2.51. The van der Waals surface area contributed by atoms with Gasteiger partial charge in [-0.15, -0.1) is 0 Å². The van der Waals surface area contributed by atoms with Gasteiger partial charge in [-0.25, -0.2) is 0 Å². The van der Waals surface area contributed by atoms with Gasteiger partial charge < -0.3 is 9.31 Å². The van der Waals surface area contributed by atoms with Crippen LogP contribution in [0.25, 0.3) is 22.3 Å². The second-order valence-corrected chi connectivity index (χ2v) is 10.1. The molecule has 0 spiro atoms. The Morgan fingerprint density at radius 3 is 1.83 bits per heavy atom. The highest BCUT2D eigenvalue weighted by molar-refractivity contribution is 6.62. The molecule has 0 radical (unpaired) electrons. The molecule has 0 amide bonds. The number of rotatable bonds is 2. The summed E-state index contributed by atoms with van der Waals surface area (Å²) < 4.78 is 12.4. The number of hydrogen-bond acceptors (Lipinski definition) is 2. The molecule has 2 nitrogen and oxygen atoms in total. The molecule has 1 aliphatic carbocycles. The van der Waals surface area contributed by atoms with Crippen molar-refractivity contribution in [1.82, 2.24) is 0 Å². The van der Waals surface area contributed by atoms with Gasteiger partial charge >= 0.3 is 7.12 Å². The Balaban J connectivity index is 1.54. The molecule has 1 aliphatic heterocycles. The Bertz CT molecular complexity index is 1110. The lowest BCUT2D eigenvalue weighted by Gasteiger charge is -2.32. The van der Waals surface area contributed by atoms with E-state index in [0.29, 0.717) is 0 Å². The van der Waals surface area contributed by atoms with Gasteiger partial charge in [-0.05, 0) is 66.5 Å². The Hall–Kier alpha value is -2.36. The minimum Gasteiger partial charge on any atom is -0.399 e. The van der Waals surface area contributed by atoms with E-state index in [-0.39, 0.29) is 23.7 Å². The first-order chi connectivity index (χ1) is 14.1. The second-order valence-electron chi connectivity index (χ2n) is 10.1. The van der Waals surface area contributed by atoms with Crippen LogP contribution in [-0.2, 0) is 14.7 Å². The summed E-state index contributed by atoms with van der Waals surface area (Å²) in [5.41, 5.74) is 8.44. The fourth-order valence-electron chi connectivity index (χ4n) is 4.89. The largest absolute Gasteiger partial charge is 0.494 e. The molecule has 0 unspecified atom stereocenters. The molecular weight excluding hydrogens is 367 g/mol. The Morgan fingerprint density at radius 1 is 0.600 bits per heavy atom. The van der Waals surface area contributed by atoms with Crippen LogP contribution in [0.15, 0.2) is 66.7 Å². The minimum absolute atomic E-state index is 0.0209. The van der Waals surface area contributed by atoms with Crippen molar-refractivity contribution in [2.75, 3.05) is 0 Å². The Labute approximate surface area is 180 Å². The first kappa shape index (κ1) is 19.6. The Morgan fingerprint density at radius 2 is 1.17 bits per heavy atom. The normalized spacial score (nSPS) is 20.1. The summed E-state index contributed by atoms with van der Waals surface area (Å²) in [6.45, 7) is 13.0. The van der Waals surface area contributed by atoms with Crippen molar-refractivity contribution >= 4 is 12.6 Å². The van der Waals surface area contributed by atoms with E-state index < -0.39 is 0 Å². The molecule has 1 saturated heterocycles. The molecule has 152 valence electrons. The van der Waals surface area contributed by atoms with Crippen LogP contribution in [0, 0.1) is 0 Å². The molecule has 0 saturated carbocycles. The average molecular weight is 396 g/mol. The maximum absolute atomic E-state index is 6.22. The Kier molecular flexibility index (Phi) is 4.13. The van der Waals surface area contributed by atoms with Crippen LogP contribution in [-0.4, -0.2) is 18.3 Å². The maximum Gasteiger partial charge on any atom is 0.494 e. The topological polar surface area (TPSA) is 18.5 Å². The third-order valence-corrected chi connectivity index (χ3v) is 7.33. The van der Waals surface area contributed by atoms with Crippen LogP contribution in [0.5, 0.6) is 0 Å². The van der Waals surface area contributed by atoms with Gasteiger partial charge in [0.1, 0.15) is 0 Å². The van der Waals surface area contributed by atoms with Crippen LogP contribution in [0.1, 0.15) is 52.7 Å². The molecule has 30 heavy (non-hydrogen) atoms. The summed E-state index contributed by atoms with van der Waals surface area (Å²) in [4.78, 5) is 0. The summed E-state index contributed by atoms with van der Waals surface area (Å²) in [5.74, 6) is 0. The summed E-state index contributed by atoms with van der Waals surface area (Å²) in [5, 5.41) is 0. The minimum atomic E-state index is -0.328. The van der Waals surface area contributed by atoms with Crippen molar-refractivity contribution in [3.05, 3.63) is 77.9 Å². The molecule has 0 bridgehead atoms. The lowest BCUT2D eigenvalue weighted by atomic mass is 9.76. The van der Waals surface area contributed by atoms with E-state index in [9.17, 15) is 0 Å². The van der Waals surface area contributed by atoms with E-state index in [4.69, 9.17) is 9.31 Å². The second kappa shape index (κ2) is 6.32. The smallest absolute Gasteiger partial charge is 0.399 e. The highest BCUT2D eigenvalue weighted by Crippen LogP contribution is 2.51.